The molecule has 2 aliphatic heterocycles. The van der Waals surface area contributed by atoms with Crippen molar-refractivity contribution in [2.45, 2.75) is 45.1 Å². The van der Waals surface area contributed by atoms with Crippen LogP contribution in [0.1, 0.15) is 38.8 Å². The van der Waals surface area contributed by atoms with Crippen molar-refractivity contribution in [1.29, 1.82) is 0 Å². The topological polar surface area (TPSA) is 33.0 Å². The van der Waals surface area contributed by atoms with Crippen LogP contribution in [0.25, 0.3) is 4.85 Å². The third-order valence-corrected chi connectivity index (χ3v) is 5.84. The zero-order valence-corrected chi connectivity index (χ0v) is 16.3. The minimum Gasteiger partial charge on any atom is -0.381 e. The molecule has 0 bridgehead atoms. The maximum Gasteiger partial charge on any atom is 0.269 e. The van der Waals surface area contributed by atoms with E-state index in [-0.39, 0.29) is 5.54 Å². The molecule has 5 nitrogen and oxygen atoms in total. The molecule has 2 saturated heterocycles. The van der Waals surface area contributed by atoms with E-state index in [0.717, 1.165) is 63.6 Å². The number of nitrogens with zero attached hydrogens (tertiary/aromatic N) is 4. The molecule has 0 spiro atoms. The molecule has 0 atom stereocenters. The summed E-state index contributed by atoms with van der Waals surface area (Å²) in [6.45, 7) is 19.4. The fourth-order valence-electron chi connectivity index (χ4n) is 4.43. The zero-order chi connectivity index (χ0) is 18.4. The summed E-state index contributed by atoms with van der Waals surface area (Å²) in [7, 11) is 0. The monoisotopic (exact) mass is 356 g/mol. The number of aromatic nitrogens is 1. The van der Waals surface area contributed by atoms with Crippen molar-refractivity contribution >= 4 is 5.82 Å². The summed E-state index contributed by atoms with van der Waals surface area (Å²) in [6.07, 6.45) is 4.27. The van der Waals surface area contributed by atoms with Crippen LogP contribution in [-0.2, 0) is 11.2 Å². The first kappa shape index (κ1) is 19.3. The van der Waals surface area contributed by atoms with Crippen molar-refractivity contribution < 1.29 is 4.74 Å². The number of rotatable bonds is 6. The van der Waals surface area contributed by atoms with Crippen LogP contribution in [0.4, 0.5) is 5.82 Å². The molecule has 0 unspecified atom stereocenters. The Kier molecular flexibility index (Phi) is 6.63. The molecule has 5 heteroatoms. The van der Waals surface area contributed by atoms with Crippen LogP contribution in [-0.4, -0.2) is 66.3 Å². The molecule has 0 saturated carbocycles. The van der Waals surface area contributed by atoms with Gasteiger partial charge in [0.05, 0.1) is 0 Å². The summed E-state index contributed by atoms with van der Waals surface area (Å²) in [5.41, 5.74) is 1.28. The van der Waals surface area contributed by atoms with Gasteiger partial charge in [-0.05, 0) is 37.3 Å². The second-order valence-corrected chi connectivity index (χ2v) is 8.12. The van der Waals surface area contributed by atoms with Crippen LogP contribution < -0.4 is 0 Å². The number of ether oxygens (including phenoxy) is 1. The maximum absolute atomic E-state index is 7.17. The lowest BCUT2D eigenvalue weighted by Gasteiger charge is -2.50. The Morgan fingerprint density at radius 1 is 1.19 bits per heavy atom. The highest BCUT2D eigenvalue weighted by Crippen LogP contribution is 2.33. The van der Waals surface area contributed by atoms with Gasteiger partial charge in [-0.2, -0.15) is 0 Å². The number of piperazine rings is 1. The fourth-order valence-corrected chi connectivity index (χ4v) is 4.43. The Hall–Kier alpha value is -1.48. The largest absolute Gasteiger partial charge is 0.381 e. The van der Waals surface area contributed by atoms with E-state index in [9.17, 15) is 0 Å². The quantitative estimate of drug-likeness (QED) is 0.732. The van der Waals surface area contributed by atoms with Crippen LogP contribution >= 0.6 is 0 Å². The van der Waals surface area contributed by atoms with Gasteiger partial charge in [-0.15, -0.1) is 4.98 Å². The molecule has 26 heavy (non-hydrogen) atoms. The highest BCUT2D eigenvalue weighted by Gasteiger charge is 2.39. The van der Waals surface area contributed by atoms with E-state index in [1.54, 1.807) is 6.07 Å². The summed E-state index contributed by atoms with van der Waals surface area (Å²) in [5, 5.41) is 0. The van der Waals surface area contributed by atoms with Gasteiger partial charge in [-0.1, -0.05) is 26.5 Å². The number of hydrogen-bond donors (Lipinski definition) is 0. The first-order chi connectivity index (χ1) is 12.6. The molecule has 2 fully saturated rings. The van der Waals surface area contributed by atoms with Crippen LogP contribution in [0, 0.1) is 12.5 Å². The van der Waals surface area contributed by atoms with Crippen LogP contribution in [0.3, 0.4) is 0 Å². The Bertz CT molecular complexity index is 611. The van der Waals surface area contributed by atoms with Gasteiger partial charge in [0.15, 0.2) is 0 Å². The van der Waals surface area contributed by atoms with Crippen LogP contribution in [0.5, 0.6) is 0 Å². The van der Waals surface area contributed by atoms with Crippen molar-refractivity contribution in [3.8, 4) is 0 Å². The molecule has 1 aromatic rings. The summed E-state index contributed by atoms with van der Waals surface area (Å²) in [5.74, 6) is 1.24. The predicted molar refractivity (Wildman–Crippen MR) is 104 cm³/mol. The Balaban J connectivity index is 1.64. The third-order valence-electron chi connectivity index (χ3n) is 5.84. The molecule has 0 radical (unpaired) electrons. The average Bonchev–Trinajstić information content (AvgIpc) is 2.67. The van der Waals surface area contributed by atoms with E-state index in [1.165, 1.54) is 19.6 Å². The van der Waals surface area contributed by atoms with Crippen molar-refractivity contribution in [3.05, 3.63) is 35.3 Å². The van der Waals surface area contributed by atoms with Gasteiger partial charge < -0.3 is 14.5 Å². The molecule has 3 rings (SSSR count). The van der Waals surface area contributed by atoms with Gasteiger partial charge in [0.2, 0.25) is 0 Å². The minimum atomic E-state index is 0.234. The van der Waals surface area contributed by atoms with E-state index in [4.69, 9.17) is 11.3 Å². The molecule has 0 aliphatic carbocycles. The van der Waals surface area contributed by atoms with Gasteiger partial charge in [0, 0.05) is 57.9 Å². The van der Waals surface area contributed by atoms with Gasteiger partial charge in [-0.3, -0.25) is 4.90 Å². The van der Waals surface area contributed by atoms with Gasteiger partial charge >= 0.3 is 0 Å². The highest BCUT2D eigenvalue weighted by molar-refractivity contribution is 5.36. The van der Waals surface area contributed by atoms with E-state index < -0.39 is 0 Å². The van der Waals surface area contributed by atoms with E-state index in [2.05, 4.69) is 39.5 Å². The molecule has 142 valence electrons. The Morgan fingerprint density at radius 3 is 2.58 bits per heavy atom. The van der Waals surface area contributed by atoms with Gasteiger partial charge in [0.25, 0.3) is 5.82 Å². The molecule has 2 aliphatic rings. The van der Waals surface area contributed by atoms with E-state index in [0.29, 0.717) is 5.82 Å². The SMILES string of the molecule is [C-]#[N+]c1cccc(CCC2(N3CCN(CC(C)C)CC3)CCOCC2)n1. The van der Waals surface area contributed by atoms with Crippen molar-refractivity contribution in [2.75, 3.05) is 45.9 Å². The Labute approximate surface area is 158 Å². The molecular weight excluding hydrogens is 324 g/mol. The highest BCUT2D eigenvalue weighted by atomic mass is 16.5. The summed E-state index contributed by atoms with van der Waals surface area (Å²) in [4.78, 5) is 13.3. The van der Waals surface area contributed by atoms with Gasteiger partial charge in [-0.25, -0.2) is 0 Å². The summed E-state index contributed by atoms with van der Waals surface area (Å²) < 4.78 is 5.69. The zero-order valence-electron chi connectivity index (χ0n) is 16.3. The normalized spacial score (nSPS) is 21.6. The third kappa shape index (κ3) is 4.82. The van der Waals surface area contributed by atoms with Crippen molar-refractivity contribution in [1.82, 2.24) is 14.8 Å². The predicted octanol–water partition coefficient (Wildman–Crippen LogP) is 3.39. The van der Waals surface area contributed by atoms with Crippen molar-refractivity contribution in [2.24, 2.45) is 5.92 Å². The smallest absolute Gasteiger partial charge is 0.269 e. The lowest BCUT2D eigenvalue weighted by molar-refractivity contribution is -0.0522. The van der Waals surface area contributed by atoms with E-state index in [1.807, 2.05) is 6.07 Å². The standard InChI is InChI=1S/C21H32N4O/c1-18(2)17-24-11-13-25(14-12-24)21(9-15-26-16-10-21)8-7-19-5-4-6-20(22-3)23-19/h4-6,18H,7-17H2,1-2H3. The second kappa shape index (κ2) is 8.94. The molecule has 1 aromatic heterocycles. The average molecular weight is 357 g/mol. The maximum atomic E-state index is 7.17. The molecule has 3 heterocycles. The fraction of sp³-hybridized carbons (Fsp3) is 0.714. The first-order valence-electron chi connectivity index (χ1n) is 10.00. The summed E-state index contributed by atoms with van der Waals surface area (Å²) >= 11 is 0. The minimum absolute atomic E-state index is 0.234. The van der Waals surface area contributed by atoms with Gasteiger partial charge in [0.1, 0.15) is 5.69 Å². The Morgan fingerprint density at radius 2 is 1.92 bits per heavy atom. The molecule has 0 amide bonds. The second-order valence-electron chi connectivity index (χ2n) is 8.12. The first-order valence-corrected chi connectivity index (χ1v) is 10.00. The number of hydrogen-bond acceptors (Lipinski definition) is 4. The van der Waals surface area contributed by atoms with Crippen LogP contribution in [0.2, 0.25) is 0 Å². The lowest BCUT2D eigenvalue weighted by Crippen LogP contribution is -2.59. The molecule has 0 N–H and O–H groups in total. The molecule has 0 aromatic carbocycles. The van der Waals surface area contributed by atoms with E-state index >= 15 is 0 Å². The van der Waals surface area contributed by atoms with Crippen molar-refractivity contribution in [3.63, 3.8) is 0 Å². The van der Waals surface area contributed by atoms with Crippen LogP contribution in [0.15, 0.2) is 18.2 Å². The summed E-state index contributed by atoms with van der Waals surface area (Å²) in [6, 6.07) is 5.80. The lowest BCUT2D eigenvalue weighted by atomic mass is 9.82. The number of pyridine rings is 1. The molecular formula is C21H32N4O. The number of aryl methyl sites for hydroxylation is 1.